The van der Waals surface area contributed by atoms with Crippen molar-refractivity contribution in [2.24, 2.45) is 7.05 Å². The number of benzene rings is 1. The molecule has 6 nitrogen and oxygen atoms in total. The van der Waals surface area contributed by atoms with Gasteiger partial charge in [0, 0.05) is 44.9 Å². The molecule has 7 heteroatoms. The third-order valence-corrected chi connectivity index (χ3v) is 6.49. The van der Waals surface area contributed by atoms with E-state index < -0.39 is 9.84 Å². The first-order valence-corrected chi connectivity index (χ1v) is 10.2. The molecule has 0 radical (unpaired) electrons. The fourth-order valence-corrected chi connectivity index (χ4v) is 4.53. The van der Waals surface area contributed by atoms with Gasteiger partial charge in [-0.25, -0.2) is 13.4 Å². The van der Waals surface area contributed by atoms with Gasteiger partial charge in [0.2, 0.25) is 5.91 Å². The molecular weight excluding hydrogens is 338 g/mol. The number of aryl methyl sites for hydroxylation is 1. The van der Waals surface area contributed by atoms with E-state index in [1.807, 2.05) is 17.8 Å². The Kier molecular flexibility index (Phi) is 5.22. The van der Waals surface area contributed by atoms with E-state index in [4.69, 9.17) is 0 Å². The Balaban J connectivity index is 1.52. The molecule has 0 atom stereocenters. The Morgan fingerprint density at radius 3 is 2.48 bits per heavy atom. The van der Waals surface area contributed by atoms with Gasteiger partial charge >= 0.3 is 0 Å². The zero-order chi connectivity index (χ0) is 17.9. The van der Waals surface area contributed by atoms with E-state index in [1.54, 1.807) is 41.4 Å². The quantitative estimate of drug-likeness (QED) is 0.816. The molecule has 0 saturated carbocycles. The Morgan fingerprint density at radius 2 is 1.88 bits per heavy atom. The van der Waals surface area contributed by atoms with Crippen molar-refractivity contribution in [2.75, 3.05) is 18.8 Å². The minimum absolute atomic E-state index is 0.0320. The molecule has 0 N–H and O–H groups in total. The number of sulfone groups is 1. The molecule has 1 saturated heterocycles. The monoisotopic (exact) mass is 361 g/mol. The number of likely N-dealkylation sites (tertiary alicyclic amines) is 1. The smallest absolute Gasteiger partial charge is 0.223 e. The fraction of sp³-hybridized carbons (Fsp3) is 0.444. The lowest BCUT2D eigenvalue weighted by Crippen LogP contribution is -2.39. The summed E-state index contributed by atoms with van der Waals surface area (Å²) in [5.74, 6) is 1.18. The Labute approximate surface area is 148 Å². The van der Waals surface area contributed by atoms with E-state index in [1.165, 1.54) is 0 Å². The fourth-order valence-electron chi connectivity index (χ4n) is 3.28. The molecule has 1 aliphatic rings. The average molecular weight is 361 g/mol. The number of hydrogen-bond acceptors (Lipinski definition) is 4. The highest BCUT2D eigenvalue weighted by molar-refractivity contribution is 7.91. The van der Waals surface area contributed by atoms with Crippen LogP contribution in [0.2, 0.25) is 0 Å². The van der Waals surface area contributed by atoms with Gasteiger partial charge in [-0.2, -0.15) is 0 Å². The molecule has 0 unspecified atom stereocenters. The van der Waals surface area contributed by atoms with Gasteiger partial charge in [0.15, 0.2) is 9.84 Å². The molecule has 1 fully saturated rings. The van der Waals surface area contributed by atoms with Crippen LogP contribution in [0.25, 0.3) is 0 Å². The number of carbonyl (C=O) groups excluding carboxylic acids is 1. The second-order valence-electron chi connectivity index (χ2n) is 6.43. The molecule has 1 amide bonds. The van der Waals surface area contributed by atoms with Gasteiger partial charge < -0.3 is 9.47 Å². The van der Waals surface area contributed by atoms with E-state index in [-0.39, 0.29) is 23.0 Å². The minimum atomic E-state index is -3.41. The molecule has 134 valence electrons. The maximum Gasteiger partial charge on any atom is 0.223 e. The first-order valence-electron chi connectivity index (χ1n) is 8.50. The van der Waals surface area contributed by atoms with Crippen LogP contribution < -0.4 is 0 Å². The number of aromatic nitrogens is 2. The predicted molar refractivity (Wildman–Crippen MR) is 94.9 cm³/mol. The summed E-state index contributed by atoms with van der Waals surface area (Å²) in [7, 11) is -1.43. The summed E-state index contributed by atoms with van der Waals surface area (Å²) in [5.41, 5.74) is 0. The molecular formula is C18H23N3O3S. The second kappa shape index (κ2) is 7.39. The minimum Gasteiger partial charge on any atom is -0.343 e. The largest absolute Gasteiger partial charge is 0.343 e. The first kappa shape index (κ1) is 17.7. The molecule has 3 rings (SSSR count). The average Bonchev–Trinajstić information content (AvgIpc) is 3.06. The van der Waals surface area contributed by atoms with Crippen LogP contribution in [0.5, 0.6) is 0 Å². The SMILES string of the molecule is Cn1ccnc1C1CCN(C(=O)CCS(=O)(=O)c2ccccc2)CC1. The zero-order valence-corrected chi connectivity index (χ0v) is 15.2. The maximum atomic E-state index is 12.4. The molecule has 1 aromatic heterocycles. The molecule has 2 heterocycles. The van der Waals surface area contributed by atoms with E-state index in [0.717, 1.165) is 18.7 Å². The van der Waals surface area contributed by atoms with Crippen molar-refractivity contribution in [1.29, 1.82) is 0 Å². The standard InChI is InChI=1S/C18H23N3O3S/c1-20-13-10-19-18(20)15-7-11-21(12-8-15)17(22)9-14-25(23,24)16-5-3-2-4-6-16/h2-6,10,13,15H,7-9,11-12,14H2,1H3. The molecule has 1 aliphatic heterocycles. The van der Waals surface area contributed by atoms with Crippen molar-refractivity contribution in [3.63, 3.8) is 0 Å². The van der Waals surface area contributed by atoms with E-state index in [2.05, 4.69) is 4.98 Å². The third-order valence-electron chi connectivity index (χ3n) is 4.76. The number of imidazole rings is 1. The van der Waals surface area contributed by atoms with Crippen LogP contribution in [-0.2, 0) is 21.7 Å². The number of rotatable bonds is 5. The van der Waals surface area contributed by atoms with Crippen LogP contribution in [-0.4, -0.2) is 47.6 Å². The molecule has 0 spiro atoms. The van der Waals surface area contributed by atoms with Gasteiger partial charge in [-0.3, -0.25) is 4.79 Å². The Morgan fingerprint density at radius 1 is 1.20 bits per heavy atom. The first-order chi connectivity index (χ1) is 12.0. The molecule has 1 aromatic carbocycles. The van der Waals surface area contributed by atoms with E-state index in [9.17, 15) is 13.2 Å². The van der Waals surface area contributed by atoms with Gasteiger partial charge in [-0.1, -0.05) is 18.2 Å². The summed E-state index contributed by atoms with van der Waals surface area (Å²) in [6.45, 7) is 1.31. The number of piperidine rings is 1. The molecule has 0 bridgehead atoms. The van der Waals surface area contributed by atoms with Gasteiger partial charge in [0.1, 0.15) is 5.82 Å². The van der Waals surface area contributed by atoms with Crippen molar-refractivity contribution < 1.29 is 13.2 Å². The van der Waals surface area contributed by atoms with Gasteiger partial charge in [0.25, 0.3) is 0 Å². The number of carbonyl (C=O) groups is 1. The summed E-state index contributed by atoms with van der Waals surface area (Å²) in [6.07, 6.45) is 5.48. The van der Waals surface area contributed by atoms with Gasteiger partial charge in [-0.05, 0) is 25.0 Å². The highest BCUT2D eigenvalue weighted by Crippen LogP contribution is 2.26. The Bertz CT molecular complexity index is 822. The lowest BCUT2D eigenvalue weighted by atomic mass is 9.96. The summed E-state index contributed by atoms with van der Waals surface area (Å²) in [6, 6.07) is 8.29. The van der Waals surface area contributed by atoms with Gasteiger partial charge in [-0.15, -0.1) is 0 Å². The van der Waals surface area contributed by atoms with Crippen LogP contribution in [0.4, 0.5) is 0 Å². The van der Waals surface area contributed by atoms with Crippen molar-refractivity contribution in [2.45, 2.75) is 30.1 Å². The number of nitrogens with zero attached hydrogens (tertiary/aromatic N) is 3. The van der Waals surface area contributed by atoms with Crippen molar-refractivity contribution in [1.82, 2.24) is 14.5 Å². The second-order valence-corrected chi connectivity index (χ2v) is 8.54. The van der Waals surface area contributed by atoms with Crippen LogP contribution >= 0.6 is 0 Å². The highest BCUT2D eigenvalue weighted by atomic mass is 32.2. The third kappa shape index (κ3) is 4.10. The van der Waals surface area contributed by atoms with E-state index >= 15 is 0 Å². The lowest BCUT2D eigenvalue weighted by molar-refractivity contribution is -0.131. The summed E-state index contributed by atoms with van der Waals surface area (Å²) in [4.78, 5) is 18.8. The highest BCUT2D eigenvalue weighted by Gasteiger charge is 2.26. The summed E-state index contributed by atoms with van der Waals surface area (Å²) >= 11 is 0. The van der Waals surface area contributed by atoms with Crippen LogP contribution in [0.3, 0.4) is 0 Å². The van der Waals surface area contributed by atoms with Crippen LogP contribution in [0.1, 0.15) is 31.0 Å². The van der Waals surface area contributed by atoms with Crippen LogP contribution in [0.15, 0.2) is 47.6 Å². The van der Waals surface area contributed by atoms with Crippen LogP contribution in [0, 0.1) is 0 Å². The predicted octanol–water partition coefficient (Wildman–Crippen LogP) is 1.99. The molecule has 0 aliphatic carbocycles. The zero-order valence-electron chi connectivity index (χ0n) is 14.3. The Hall–Kier alpha value is -2.15. The number of hydrogen-bond donors (Lipinski definition) is 0. The summed E-state index contributed by atoms with van der Waals surface area (Å²) in [5, 5.41) is 0. The molecule has 2 aromatic rings. The molecule has 25 heavy (non-hydrogen) atoms. The van der Waals surface area contributed by atoms with Crippen molar-refractivity contribution in [3.8, 4) is 0 Å². The van der Waals surface area contributed by atoms with Crippen molar-refractivity contribution in [3.05, 3.63) is 48.5 Å². The lowest BCUT2D eigenvalue weighted by Gasteiger charge is -2.31. The van der Waals surface area contributed by atoms with Gasteiger partial charge in [0.05, 0.1) is 10.6 Å². The van der Waals surface area contributed by atoms with Crippen molar-refractivity contribution >= 4 is 15.7 Å². The normalized spacial score (nSPS) is 16.1. The topological polar surface area (TPSA) is 72.3 Å². The van der Waals surface area contributed by atoms with E-state index in [0.29, 0.717) is 19.0 Å². The summed E-state index contributed by atoms with van der Waals surface area (Å²) < 4.78 is 26.6. The maximum absolute atomic E-state index is 12.4. The number of amides is 1.